The molecule has 0 saturated heterocycles. The standard InChI is InChI=1S/C8H13NO3/c1-2-11-9-5-7-3-4-8(6-10)12-7/h3-4,9-10H,2,5-6H2,1H3. The lowest BCUT2D eigenvalue weighted by Crippen LogP contribution is -2.12. The van der Waals surface area contributed by atoms with E-state index in [1.807, 2.05) is 6.92 Å². The average molecular weight is 171 g/mol. The number of furan rings is 1. The van der Waals surface area contributed by atoms with Crippen LogP contribution >= 0.6 is 0 Å². The molecular formula is C8H13NO3. The van der Waals surface area contributed by atoms with Crippen molar-refractivity contribution in [3.05, 3.63) is 23.7 Å². The van der Waals surface area contributed by atoms with Gasteiger partial charge in [-0.15, -0.1) is 0 Å². The zero-order chi connectivity index (χ0) is 8.81. The van der Waals surface area contributed by atoms with Gasteiger partial charge in [-0.05, 0) is 19.1 Å². The molecule has 1 aromatic heterocycles. The number of hydrogen-bond donors (Lipinski definition) is 2. The number of nitrogens with one attached hydrogen (secondary N) is 1. The summed E-state index contributed by atoms with van der Waals surface area (Å²) in [5.74, 6) is 1.33. The summed E-state index contributed by atoms with van der Waals surface area (Å²) in [6.07, 6.45) is 0. The second kappa shape index (κ2) is 4.92. The van der Waals surface area contributed by atoms with E-state index in [1.54, 1.807) is 12.1 Å². The van der Waals surface area contributed by atoms with Crippen molar-refractivity contribution in [3.8, 4) is 0 Å². The molecule has 1 aromatic rings. The molecule has 0 aliphatic rings. The largest absolute Gasteiger partial charge is 0.462 e. The van der Waals surface area contributed by atoms with Crippen LogP contribution in [-0.2, 0) is 18.0 Å². The maximum atomic E-state index is 8.68. The minimum Gasteiger partial charge on any atom is -0.462 e. The van der Waals surface area contributed by atoms with Crippen LogP contribution in [0.2, 0.25) is 0 Å². The Morgan fingerprint density at radius 2 is 2.25 bits per heavy atom. The predicted molar refractivity (Wildman–Crippen MR) is 43.1 cm³/mol. The number of rotatable bonds is 5. The zero-order valence-corrected chi connectivity index (χ0v) is 7.04. The van der Waals surface area contributed by atoms with Gasteiger partial charge in [0.1, 0.15) is 18.1 Å². The molecular weight excluding hydrogens is 158 g/mol. The summed E-state index contributed by atoms with van der Waals surface area (Å²) in [5.41, 5.74) is 2.71. The van der Waals surface area contributed by atoms with Gasteiger partial charge < -0.3 is 14.4 Å². The van der Waals surface area contributed by atoms with Gasteiger partial charge in [0, 0.05) is 0 Å². The average Bonchev–Trinajstić information content (AvgIpc) is 2.53. The lowest BCUT2D eigenvalue weighted by molar-refractivity contribution is 0.0420. The second-order valence-corrected chi connectivity index (χ2v) is 2.28. The van der Waals surface area contributed by atoms with E-state index >= 15 is 0 Å². The number of hydrogen-bond acceptors (Lipinski definition) is 4. The quantitative estimate of drug-likeness (QED) is 0.508. The first kappa shape index (κ1) is 9.25. The van der Waals surface area contributed by atoms with Gasteiger partial charge in [-0.2, -0.15) is 5.48 Å². The summed E-state index contributed by atoms with van der Waals surface area (Å²) < 4.78 is 5.19. The van der Waals surface area contributed by atoms with Crippen LogP contribution in [0.4, 0.5) is 0 Å². The summed E-state index contributed by atoms with van der Waals surface area (Å²) in [4.78, 5) is 4.91. The third kappa shape index (κ3) is 2.65. The van der Waals surface area contributed by atoms with Crippen molar-refractivity contribution in [1.82, 2.24) is 5.48 Å². The monoisotopic (exact) mass is 171 g/mol. The molecule has 0 aliphatic carbocycles. The minimum atomic E-state index is -0.0609. The van der Waals surface area contributed by atoms with Gasteiger partial charge >= 0.3 is 0 Å². The zero-order valence-electron chi connectivity index (χ0n) is 7.04. The van der Waals surface area contributed by atoms with Crippen LogP contribution in [0.1, 0.15) is 18.4 Å². The highest BCUT2D eigenvalue weighted by atomic mass is 16.6. The number of aliphatic hydroxyl groups excluding tert-OH is 1. The molecule has 0 aliphatic heterocycles. The lowest BCUT2D eigenvalue weighted by atomic mass is 10.4. The van der Waals surface area contributed by atoms with E-state index in [9.17, 15) is 0 Å². The van der Waals surface area contributed by atoms with E-state index in [2.05, 4.69) is 5.48 Å². The maximum Gasteiger partial charge on any atom is 0.129 e. The van der Waals surface area contributed by atoms with Crippen molar-refractivity contribution in [1.29, 1.82) is 0 Å². The Labute approximate surface area is 71.1 Å². The Balaban J connectivity index is 2.31. The molecule has 0 unspecified atom stereocenters. The Morgan fingerprint density at radius 3 is 2.83 bits per heavy atom. The van der Waals surface area contributed by atoms with Crippen molar-refractivity contribution in [2.45, 2.75) is 20.1 Å². The Hall–Kier alpha value is -0.840. The third-order valence-electron chi connectivity index (χ3n) is 1.37. The molecule has 68 valence electrons. The molecule has 0 saturated carbocycles. The van der Waals surface area contributed by atoms with E-state index in [4.69, 9.17) is 14.4 Å². The highest BCUT2D eigenvalue weighted by Gasteiger charge is 1.99. The van der Waals surface area contributed by atoms with Crippen LogP contribution in [0.25, 0.3) is 0 Å². The van der Waals surface area contributed by atoms with Gasteiger partial charge in [0.05, 0.1) is 13.2 Å². The number of aliphatic hydroxyl groups is 1. The van der Waals surface area contributed by atoms with Crippen molar-refractivity contribution in [2.75, 3.05) is 6.61 Å². The summed E-state index contributed by atoms with van der Waals surface area (Å²) in [6, 6.07) is 3.54. The molecule has 1 rings (SSSR count). The fourth-order valence-electron chi connectivity index (χ4n) is 0.827. The van der Waals surface area contributed by atoms with Crippen LogP contribution in [0, 0.1) is 0 Å². The first-order valence-corrected chi connectivity index (χ1v) is 3.90. The molecule has 0 amide bonds. The van der Waals surface area contributed by atoms with Crippen molar-refractivity contribution in [2.24, 2.45) is 0 Å². The second-order valence-electron chi connectivity index (χ2n) is 2.28. The van der Waals surface area contributed by atoms with Crippen LogP contribution in [0.3, 0.4) is 0 Å². The van der Waals surface area contributed by atoms with Crippen LogP contribution in [0.15, 0.2) is 16.5 Å². The van der Waals surface area contributed by atoms with Crippen LogP contribution in [0.5, 0.6) is 0 Å². The predicted octanol–water partition coefficient (Wildman–Crippen LogP) is 0.813. The third-order valence-corrected chi connectivity index (χ3v) is 1.37. The van der Waals surface area contributed by atoms with E-state index < -0.39 is 0 Å². The van der Waals surface area contributed by atoms with Gasteiger partial charge in [-0.25, -0.2) is 0 Å². The van der Waals surface area contributed by atoms with E-state index in [0.29, 0.717) is 18.9 Å². The molecule has 0 radical (unpaired) electrons. The van der Waals surface area contributed by atoms with Crippen molar-refractivity contribution >= 4 is 0 Å². The lowest BCUT2D eigenvalue weighted by Gasteiger charge is -1.99. The van der Waals surface area contributed by atoms with E-state index in [-0.39, 0.29) is 6.61 Å². The normalized spacial score (nSPS) is 10.5. The fraction of sp³-hybridized carbons (Fsp3) is 0.500. The summed E-state index contributed by atoms with van der Waals surface area (Å²) in [6.45, 7) is 2.98. The molecule has 0 bridgehead atoms. The van der Waals surface area contributed by atoms with Gasteiger partial charge in [-0.3, -0.25) is 0 Å². The highest BCUT2D eigenvalue weighted by molar-refractivity contribution is 5.05. The fourth-order valence-corrected chi connectivity index (χ4v) is 0.827. The molecule has 4 nitrogen and oxygen atoms in total. The van der Waals surface area contributed by atoms with Gasteiger partial charge in [0.25, 0.3) is 0 Å². The SMILES string of the molecule is CCONCc1ccc(CO)o1. The number of hydroxylamine groups is 1. The Kier molecular flexibility index (Phi) is 3.79. The van der Waals surface area contributed by atoms with E-state index in [1.165, 1.54) is 0 Å². The molecule has 1 heterocycles. The summed E-state index contributed by atoms with van der Waals surface area (Å²) in [5, 5.41) is 8.68. The topological polar surface area (TPSA) is 54.6 Å². The highest BCUT2D eigenvalue weighted by Crippen LogP contribution is 2.06. The van der Waals surface area contributed by atoms with Gasteiger partial charge in [0.2, 0.25) is 0 Å². The first-order chi connectivity index (χ1) is 5.86. The Bertz CT molecular complexity index is 222. The first-order valence-electron chi connectivity index (χ1n) is 3.90. The maximum absolute atomic E-state index is 8.68. The van der Waals surface area contributed by atoms with Crippen LogP contribution in [-0.4, -0.2) is 11.7 Å². The molecule has 4 heteroatoms. The summed E-state index contributed by atoms with van der Waals surface area (Å²) in [7, 11) is 0. The summed E-state index contributed by atoms with van der Waals surface area (Å²) >= 11 is 0. The molecule has 0 fully saturated rings. The molecule has 0 atom stereocenters. The smallest absolute Gasteiger partial charge is 0.129 e. The van der Waals surface area contributed by atoms with Crippen LogP contribution < -0.4 is 5.48 Å². The molecule has 0 spiro atoms. The van der Waals surface area contributed by atoms with Gasteiger partial charge in [0.15, 0.2) is 0 Å². The minimum absolute atomic E-state index is 0.0609. The molecule has 12 heavy (non-hydrogen) atoms. The molecule has 2 N–H and O–H groups in total. The van der Waals surface area contributed by atoms with Gasteiger partial charge in [-0.1, -0.05) is 0 Å². The molecule has 0 aromatic carbocycles. The van der Waals surface area contributed by atoms with E-state index in [0.717, 1.165) is 5.76 Å². The van der Waals surface area contributed by atoms with Crippen molar-refractivity contribution < 1.29 is 14.4 Å². The van der Waals surface area contributed by atoms with Crippen molar-refractivity contribution in [3.63, 3.8) is 0 Å². The Morgan fingerprint density at radius 1 is 1.50 bits per heavy atom.